The number of benzene rings is 2. The van der Waals surface area contributed by atoms with Gasteiger partial charge in [0.25, 0.3) is 5.91 Å². The summed E-state index contributed by atoms with van der Waals surface area (Å²) < 4.78 is 5.49. The topological polar surface area (TPSA) is 49.9 Å². The van der Waals surface area contributed by atoms with E-state index in [0.717, 1.165) is 16.9 Å². The largest absolute Gasteiger partial charge is 0.496 e. The number of carbonyl (C=O) groups excluding carboxylic acids is 2. The van der Waals surface area contributed by atoms with Crippen LogP contribution in [0.1, 0.15) is 27.7 Å². The highest BCUT2D eigenvalue weighted by molar-refractivity contribution is 7.12. The molecule has 1 aromatic heterocycles. The minimum Gasteiger partial charge on any atom is -0.496 e. The minimum absolute atomic E-state index is 0.0276. The Morgan fingerprint density at radius 2 is 1.71 bits per heavy atom. The molecule has 0 bridgehead atoms. The van der Waals surface area contributed by atoms with Gasteiger partial charge in [0.05, 0.1) is 18.5 Å². The second kappa shape index (κ2) is 10.8. The zero-order chi connectivity index (χ0) is 22.2. The number of likely N-dealkylation sites (N-methyl/N-ethyl adjacent to an activating group) is 1. The quantitative estimate of drug-likeness (QED) is 0.497. The Bertz CT molecular complexity index is 989. The van der Waals surface area contributed by atoms with E-state index >= 15 is 0 Å². The molecule has 2 amide bonds. The maximum atomic E-state index is 13.3. The van der Waals surface area contributed by atoms with Gasteiger partial charge in [-0.2, -0.15) is 0 Å². The Morgan fingerprint density at radius 3 is 2.39 bits per heavy atom. The molecule has 0 N–H and O–H groups in total. The summed E-state index contributed by atoms with van der Waals surface area (Å²) in [4.78, 5) is 29.9. The number of nitrogens with zero attached hydrogens (tertiary/aromatic N) is 2. The fourth-order valence-electron chi connectivity index (χ4n) is 3.52. The van der Waals surface area contributed by atoms with Crippen LogP contribution in [0.3, 0.4) is 0 Å². The molecule has 0 spiro atoms. The molecular formula is C25H28N2O3S. The molecule has 0 saturated carbocycles. The molecule has 0 aliphatic rings. The molecule has 3 aromatic rings. The third kappa shape index (κ3) is 5.95. The highest BCUT2D eigenvalue weighted by Gasteiger charge is 2.25. The molecule has 0 saturated heterocycles. The van der Waals surface area contributed by atoms with Crippen LogP contribution in [0, 0.1) is 0 Å². The second-order valence-electron chi connectivity index (χ2n) is 7.51. The van der Waals surface area contributed by atoms with Crippen LogP contribution in [0.4, 0.5) is 0 Å². The van der Waals surface area contributed by atoms with Gasteiger partial charge < -0.3 is 14.5 Å². The summed E-state index contributed by atoms with van der Waals surface area (Å²) in [6.45, 7) is 2.55. The summed E-state index contributed by atoms with van der Waals surface area (Å²) in [6, 6.07) is 21.3. The Labute approximate surface area is 187 Å². The predicted octanol–water partition coefficient (Wildman–Crippen LogP) is 4.49. The van der Waals surface area contributed by atoms with Crippen LogP contribution in [0.2, 0.25) is 0 Å². The second-order valence-corrected chi connectivity index (χ2v) is 8.46. The smallest absolute Gasteiger partial charge is 0.264 e. The van der Waals surface area contributed by atoms with Crippen molar-refractivity contribution in [3.63, 3.8) is 0 Å². The van der Waals surface area contributed by atoms with E-state index < -0.39 is 0 Å². The fourth-order valence-corrected chi connectivity index (χ4v) is 4.24. The first-order valence-electron chi connectivity index (χ1n) is 10.2. The van der Waals surface area contributed by atoms with E-state index in [9.17, 15) is 9.59 Å². The third-order valence-electron chi connectivity index (χ3n) is 5.21. The average molecular weight is 437 g/mol. The number of hydrogen-bond donors (Lipinski definition) is 0. The first-order chi connectivity index (χ1) is 15.0. The summed E-state index contributed by atoms with van der Waals surface area (Å²) in [5.74, 6) is 0.588. The number of hydrogen-bond acceptors (Lipinski definition) is 4. The van der Waals surface area contributed by atoms with Crippen molar-refractivity contribution >= 4 is 23.2 Å². The molecule has 6 heteroatoms. The van der Waals surface area contributed by atoms with Crippen LogP contribution in [0.5, 0.6) is 5.75 Å². The Kier molecular flexibility index (Phi) is 7.84. The van der Waals surface area contributed by atoms with Gasteiger partial charge in [-0.1, -0.05) is 54.6 Å². The Morgan fingerprint density at radius 1 is 1.00 bits per heavy atom. The maximum absolute atomic E-state index is 13.3. The zero-order valence-electron chi connectivity index (χ0n) is 18.2. The van der Waals surface area contributed by atoms with E-state index in [1.54, 1.807) is 20.2 Å². The number of para-hydroxylation sites is 1. The minimum atomic E-state index is -0.139. The van der Waals surface area contributed by atoms with E-state index in [1.807, 2.05) is 77.9 Å². The lowest BCUT2D eigenvalue weighted by Crippen LogP contribution is -2.45. The lowest BCUT2D eigenvalue weighted by atomic mass is 10.0. The summed E-state index contributed by atoms with van der Waals surface area (Å²) >= 11 is 1.38. The van der Waals surface area contributed by atoms with Crippen LogP contribution in [0.15, 0.2) is 72.1 Å². The van der Waals surface area contributed by atoms with Gasteiger partial charge in [0.1, 0.15) is 5.75 Å². The third-order valence-corrected chi connectivity index (χ3v) is 6.06. The zero-order valence-corrected chi connectivity index (χ0v) is 19.0. The summed E-state index contributed by atoms with van der Waals surface area (Å²) in [6.07, 6.45) is 0.658. The van der Waals surface area contributed by atoms with Crippen molar-refractivity contribution in [2.75, 3.05) is 20.7 Å². The lowest BCUT2D eigenvalue weighted by molar-refractivity contribution is -0.134. The number of rotatable bonds is 9. The Hall–Kier alpha value is -3.12. The van der Waals surface area contributed by atoms with E-state index in [-0.39, 0.29) is 24.4 Å². The highest BCUT2D eigenvalue weighted by Crippen LogP contribution is 2.22. The summed E-state index contributed by atoms with van der Waals surface area (Å²) in [7, 11) is 3.33. The van der Waals surface area contributed by atoms with Gasteiger partial charge in [-0.05, 0) is 42.0 Å². The van der Waals surface area contributed by atoms with E-state index in [0.29, 0.717) is 17.8 Å². The van der Waals surface area contributed by atoms with Crippen LogP contribution >= 0.6 is 11.3 Å². The van der Waals surface area contributed by atoms with Crippen LogP contribution in [0.25, 0.3) is 0 Å². The van der Waals surface area contributed by atoms with Crippen molar-refractivity contribution in [1.29, 1.82) is 0 Å². The van der Waals surface area contributed by atoms with E-state index in [4.69, 9.17) is 4.74 Å². The van der Waals surface area contributed by atoms with E-state index in [2.05, 4.69) is 0 Å². The molecule has 0 aliphatic heterocycles. The molecule has 31 heavy (non-hydrogen) atoms. The molecule has 5 nitrogen and oxygen atoms in total. The molecule has 0 fully saturated rings. The van der Waals surface area contributed by atoms with Crippen molar-refractivity contribution in [2.24, 2.45) is 0 Å². The van der Waals surface area contributed by atoms with Gasteiger partial charge in [0, 0.05) is 19.6 Å². The molecule has 0 aliphatic carbocycles. The lowest BCUT2D eigenvalue weighted by Gasteiger charge is -2.31. The van der Waals surface area contributed by atoms with Gasteiger partial charge in [-0.25, -0.2) is 0 Å². The first-order valence-corrected chi connectivity index (χ1v) is 11.1. The number of thiophene rings is 1. The maximum Gasteiger partial charge on any atom is 0.264 e. The van der Waals surface area contributed by atoms with Crippen molar-refractivity contribution in [3.8, 4) is 5.75 Å². The number of carbonyl (C=O) groups is 2. The first kappa shape index (κ1) is 22.6. The van der Waals surface area contributed by atoms with Crippen molar-refractivity contribution in [2.45, 2.75) is 25.9 Å². The van der Waals surface area contributed by atoms with Gasteiger partial charge >= 0.3 is 0 Å². The summed E-state index contributed by atoms with van der Waals surface area (Å²) in [5, 5.41) is 1.86. The fraction of sp³-hybridized carbons (Fsp3) is 0.280. The highest BCUT2D eigenvalue weighted by atomic mass is 32.1. The summed E-state index contributed by atoms with van der Waals surface area (Å²) in [5.41, 5.74) is 2.10. The van der Waals surface area contributed by atoms with Gasteiger partial charge in [0.2, 0.25) is 5.91 Å². The average Bonchev–Trinajstić information content (AvgIpc) is 3.32. The van der Waals surface area contributed by atoms with Crippen LogP contribution < -0.4 is 4.74 Å². The monoisotopic (exact) mass is 436 g/mol. The Balaban J connectivity index is 1.78. The number of amides is 2. The molecule has 0 radical (unpaired) electrons. The molecule has 1 atom stereocenters. The number of ether oxygens (including phenoxy) is 1. The van der Waals surface area contributed by atoms with Crippen LogP contribution in [-0.2, 0) is 17.8 Å². The normalized spacial score (nSPS) is 11.6. The van der Waals surface area contributed by atoms with Crippen molar-refractivity contribution in [1.82, 2.24) is 9.80 Å². The molecule has 3 rings (SSSR count). The SMILES string of the molecule is COc1ccccc1CC(C)N(Cc1ccccc1)C(=O)CN(C)C(=O)c1cccs1. The van der Waals surface area contributed by atoms with Gasteiger partial charge in [-0.15, -0.1) is 11.3 Å². The molecule has 162 valence electrons. The molecule has 2 aromatic carbocycles. The van der Waals surface area contributed by atoms with Crippen molar-refractivity contribution in [3.05, 3.63) is 88.1 Å². The molecule has 1 heterocycles. The standard InChI is InChI=1S/C25H28N2O3S/c1-19(16-21-12-7-8-13-22(21)30-3)27(17-20-10-5-4-6-11-20)24(28)18-26(2)25(29)23-14-9-15-31-23/h4-15,19H,16-18H2,1-3H3. The van der Waals surface area contributed by atoms with Crippen molar-refractivity contribution < 1.29 is 14.3 Å². The van der Waals surface area contributed by atoms with E-state index in [1.165, 1.54) is 16.2 Å². The molecular weight excluding hydrogens is 408 g/mol. The van der Waals surface area contributed by atoms with Gasteiger partial charge in [0.15, 0.2) is 0 Å². The van der Waals surface area contributed by atoms with Crippen LogP contribution in [-0.4, -0.2) is 48.4 Å². The van der Waals surface area contributed by atoms with Gasteiger partial charge in [-0.3, -0.25) is 9.59 Å². The molecule has 1 unspecified atom stereocenters. The number of methoxy groups -OCH3 is 1. The predicted molar refractivity (Wildman–Crippen MR) is 124 cm³/mol.